The van der Waals surface area contributed by atoms with Gasteiger partial charge in [0, 0.05) is 11.8 Å². The number of pyridine rings is 1. The number of aromatic nitrogens is 1. The van der Waals surface area contributed by atoms with Crippen LogP contribution >= 0.6 is 11.6 Å². The molecule has 1 amide bonds. The minimum atomic E-state index is -0.446. The van der Waals surface area contributed by atoms with Crippen molar-refractivity contribution in [2.24, 2.45) is 5.10 Å². The van der Waals surface area contributed by atoms with E-state index in [0.717, 1.165) is 0 Å². The molecule has 2 aromatic rings. The molecule has 1 aromatic heterocycles. The van der Waals surface area contributed by atoms with E-state index >= 15 is 0 Å². The lowest BCUT2D eigenvalue weighted by atomic mass is 10.2. The van der Waals surface area contributed by atoms with E-state index in [4.69, 9.17) is 21.1 Å². The summed E-state index contributed by atoms with van der Waals surface area (Å²) in [6.45, 7) is 3.83. The van der Waals surface area contributed by atoms with E-state index in [1.54, 1.807) is 25.3 Å². The van der Waals surface area contributed by atoms with Crippen molar-refractivity contribution in [1.82, 2.24) is 10.4 Å². The number of ether oxygens (including phenoxy) is 2. The minimum absolute atomic E-state index is 0.0303. The van der Waals surface area contributed by atoms with Gasteiger partial charge in [0.2, 0.25) is 0 Å². The van der Waals surface area contributed by atoms with Crippen molar-refractivity contribution >= 4 is 23.7 Å². The van der Waals surface area contributed by atoms with E-state index in [9.17, 15) is 4.79 Å². The summed E-state index contributed by atoms with van der Waals surface area (Å²) in [5, 5.41) is 4.08. The molecule has 1 heterocycles. The second-order valence-corrected chi connectivity index (χ2v) is 5.44. The molecule has 0 spiro atoms. The van der Waals surface area contributed by atoms with E-state index < -0.39 is 5.91 Å². The number of hydrogen-bond acceptors (Lipinski definition) is 5. The number of para-hydroxylation sites is 1. The minimum Gasteiger partial charge on any atom is -0.493 e. The van der Waals surface area contributed by atoms with Crippen molar-refractivity contribution < 1.29 is 14.3 Å². The Morgan fingerprint density at radius 2 is 2.12 bits per heavy atom. The molecule has 126 valence electrons. The molecule has 0 aliphatic heterocycles. The Hall–Kier alpha value is -2.60. The van der Waals surface area contributed by atoms with Crippen molar-refractivity contribution in [1.29, 1.82) is 0 Å². The molecule has 1 N–H and O–H groups in total. The number of carbonyl (C=O) groups is 1. The van der Waals surface area contributed by atoms with E-state index in [0.29, 0.717) is 17.1 Å². The summed E-state index contributed by atoms with van der Waals surface area (Å²) in [4.78, 5) is 15.9. The highest BCUT2D eigenvalue weighted by atomic mass is 35.5. The lowest BCUT2D eigenvalue weighted by molar-refractivity contribution is 0.0955. The van der Waals surface area contributed by atoms with Crippen LogP contribution in [0.3, 0.4) is 0 Å². The second kappa shape index (κ2) is 8.31. The van der Waals surface area contributed by atoms with Crippen LogP contribution < -0.4 is 14.9 Å². The van der Waals surface area contributed by atoms with Gasteiger partial charge in [-0.25, -0.2) is 10.4 Å². The van der Waals surface area contributed by atoms with Gasteiger partial charge in [0.15, 0.2) is 11.5 Å². The Balaban J connectivity index is 2.17. The van der Waals surface area contributed by atoms with Crippen LogP contribution in [0.1, 0.15) is 29.8 Å². The molecule has 24 heavy (non-hydrogen) atoms. The SMILES string of the molecule is COc1cccc(C=NNC(=O)c2cccnc2Cl)c1OC(C)C. The van der Waals surface area contributed by atoms with Crippen LogP contribution in [0.25, 0.3) is 0 Å². The zero-order valence-electron chi connectivity index (χ0n) is 13.6. The number of carbonyl (C=O) groups excluding carboxylic acids is 1. The fourth-order valence-corrected chi connectivity index (χ4v) is 2.14. The van der Waals surface area contributed by atoms with Crippen molar-refractivity contribution in [2.45, 2.75) is 20.0 Å². The van der Waals surface area contributed by atoms with Crippen molar-refractivity contribution in [3.8, 4) is 11.5 Å². The van der Waals surface area contributed by atoms with Gasteiger partial charge in [-0.2, -0.15) is 5.10 Å². The van der Waals surface area contributed by atoms with Gasteiger partial charge < -0.3 is 9.47 Å². The maximum Gasteiger partial charge on any atom is 0.274 e. The smallest absolute Gasteiger partial charge is 0.274 e. The van der Waals surface area contributed by atoms with Gasteiger partial charge in [-0.05, 0) is 38.1 Å². The molecule has 0 fully saturated rings. The van der Waals surface area contributed by atoms with Crippen LogP contribution in [0.4, 0.5) is 0 Å². The number of amides is 1. The standard InChI is InChI=1S/C17H18ClN3O3/c1-11(2)24-15-12(6-4-8-14(15)23-3)10-20-21-17(22)13-7-5-9-19-16(13)18/h4-11H,1-3H3,(H,21,22). The first-order valence-corrected chi connectivity index (χ1v) is 7.68. The lowest BCUT2D eigenvalue weighted by Gasteiger charge is -2.15. The third-order valence-corrected chi connectivity index (χ3v) is 3.26. The van der Waals surface area contributed by atoms with Crippen molar-refractivity contribution in [2.75, 3.05) is 7.11 Å². The lowest BCUT2D eigenvalue weighted by Crippen LogP contribution is -2.18. The van der Waals surface area contributed by atoms with Gasteiger partial charge in [0.25, 0.3) is 5.91 Å². The van der Waals surface area contributed by atoms with E-state index in [1.807, 2.05) is 26.0 Å². The third-order valence-electron chi connectivity index (χ3n) is 2.96. The zero-order chi connectivity index (χ0) is 17.5. The number of methoxy groups -OCH3 is 1. The quantitative estimate of drug-likeness (QED) is 0.494. The number of rotatable bonds is 6. The monoisotopic (exact) mass is 347 g/mol. The summed E-state index contributed by atoms with van der Waals surface area (Å²) in [6, 6.07) is 8.61. The van der Waals surface area contributed by atoms with E-state index in [2.05, 4.69) is 15.5 Å². The van der Waals surface area contributed by atoms with Crippen LogP contribution in [-0.2, 0) is 0 Å². The Morgan fingerprint density at radius 3 is 2.79 bits per heavy atom. The van der Waals surface area contributed by atoms with Gasteiger partial charge in [-0.3, -0.25) is 4.79 Å². The van der Waals surface area contributed by atoms with Crippen molar-refractivity contribution in [3.05, 3.63) is 52.8 Å². The number of hydrogen-bond donors (Lipinski definition) is 1. The number of halogens is 1. The first-order chi connectivity index (χ1) is 11.5. The number of nitrogens with zero attached hydrogens (tertiary/aromatic N) is 2. The Bertz CT molecular complexity index is 748. The van der Waals surface area contributed by atoms with Crippen LogP contribution in [0.15, 0.2) is 41.6 Å². The molecule has 2 rings (SSSR count). The van der Waals surface area contributed by atoms with Gasteiger partial charge in [-0.1, -0.05) is 17.7 Å². The molecule has 0 unspecified atom stereocenters. The number of benzene rings is 1. The zero-order valence-corrected chi connectivity index (χ0v) is 14.4. The maximum atomic E-state index is 12.0. The largest absolute Gasteiger partial charge is 0.493 e. The van der Waals surface area contributed by atoms with Crippen LogP contribution in [0.5, 0.6) is 11.5 Å². The predicted molar refractivity (Wildman–Crippen MR) is 93.1 cm³/mol. The summed E-state index contributed by atoms with van der Waals surface area (Å²) in [6.07, 6.45) is 2.97. The molecule has 1 aromatic carbocycles. The van der Waals surface area contributed by atoms with E-state index in [-0.39, 0.29) is 16.8 Å². The summed E-state index contributed by atoms with van der Waals surface area (Å²) >= 11 is 5.88. The van der Waals surface area contributed by atoms with Crippen LogP contribution in [0.2, 0.25) is 5.15 Å². The molecule has 0 saturated heterocycles. The molecule has 0 radical (unpaired) electrons. The van der Waals surface area contributed by atoms with Gasteiger partial charge in [0.05, 0.1) is 25.0 Å². The normalized spacial score (nSPS) is 10.9. The Morgan fingerprint density at radius 1 is 1.33 bits per heavy atom. The highest BCUT2D eigenvalue weighted by Gasteiger charge is 2.12. The first kappa shape index (κ1) is 17.7. The fraction of sp³-hybridized carbons (Fsp3) is 0.235. The molecule has 6 nitrogen and oxygen atoms in total. The maximum absolute atomic E-state index is 12.0. The molecule has 7 heteroatoms. The molecule has 0 saturated carbocycles. The fourth-order valence-electron chi connectivity index (χ4n) is 1.93. The average Bonchev–Trinajstić information content (AvgIpc) is 2.56. The van der Waals surface area contributed by atoms with Crippen LogP contribution in [-0.4, -0.2) is 30.3 Å². The van der Waals surface area contributed by atoms with Crippen molar-refractivity contribution in [3.63, 3.8) is 0 Å². The predicted octanol–water partition coefficient (Wildman–Crippen LogP) is 3.29. The molecule has 0 atom stereocenters. The highest BCUT2D eigenvalue weighted by molar-refractivity contribution is 6.32. The summed E-state index contributed by atoms with van der Waals surface area (Å²) in [5.41, 5.74) is 3.35. The van der Waals surface area contributed by atoms with Crippen LogP contribution in [0, 0.1) is 0 Å². The Kier molecular flexibility index (Phi) is 6.14. The molecular formula is C17H18ClN3O3. The average molecular weight is 348 g/mol. The summed E-state index contributed by atoms with van der Waals surface area (Å²) in [5.74, 6) is 0.709. The third kappa shape index (κ3) is 4.45. The number of nitrogens with one attached hydrogen (secondary N) is 1. The first-order valence-electron chi connectivity index (χ1n) is 7.30. The summed E-state index contributed by atoms with van der Waals surface area (Å²) in [7, 11) is 1.57. The number of hydrazone groups is 1. The second-order valence-electron chi connectivity index (χ2n) is 5.09. The molecular weight excluding hydrogens is 330 g/mol. The molecule has 0 aliphatic rings. The Labute approximate surface area is 145 Å². The molecule has 0 bridgehead atoms. The van der Waals surface area contributed by atoms with Gasteiger partial charge in [0.1, 0.15) is 5.15 Å². The van der Waals surface area contributed by atoms with Gasteiger partial charge in [-0.15, -0.1) is 0 Å². The van der Waals surface area contributed by atoms with Gasteiger partial charge >= 0.3 is 0 Å². The topological polar surface area (TPSA) is 72.8 Å². The van der Waals surface area contributed by atoms with E-state index in [1.165, 1.54) is 12.4 Å². The summed E-state index contributed by atoms with van der Waals surface area (Å²) < 4.78 is 11.1. The molecule has 0 aliphatic carbocycles. The highest BCUT2D eigenvalue weighted by Crippen LogP contribution is 2.30.